The molecule has 1 saturated carbocycles. The Bertz CT molecular complexity index is 1060. The van der Waals surface area contributed by atoms with E-state index in [2.05, 4.69) is 28.9 Å². The van der Waals surface area contributed by atoms with E-state index in [9.17, 15) is 0 Å². The molecule has 1 aliphatic carbocycles. The molecule has 8 heteroatoms. The summed E-state index contributed by atoms with van der Waals surface area (Å²) < 4.78 is 2.11. The molecule has 1 aromatic heterocycles. The van der Waals surface area contributed by atoms with Crippen molar-refractivity contribution in [2.45, 2.75) is 79.2 Å². The topological polar surface area (TPSA) is 118 Å². The zero-order valence-corrected chi connectivity index (χ0v) is 21.0. The molecule has 34 heavy (non-hydrogen) atoms. The second-order valence-corrected chi connectivity index (χ2v) is 8.61. The maximum Gasteiger partial charge on any atom is 0.155 e. The molecule has 2 heterocycles. The van der Waals surface area contributed by atoms with Gasteiger partial charge in [0.1, 0.15) is 5.82 Å². The molecule has 0 radical (unpaired) electrons. The van der Waals surface area contributed by atoms with E-state index in [0.717, 1.165) is 80.0 Å². The predicted octanol–water partition coefficient (Wildman–Crippen LogP) is 5.66. The minimum absolute atomic E-state index is 0.244. The molecule has 1 aliphatic heterocycles. The molecule has 0 bridgehead atoms. The molecule has 0 amide bonds. The summed E-state index contributed by atoms with van der Waals surface area (Å²) in [5.74, 6) is 3.18. The van der Waals surface area contributed by atoms with Gasteiger partial charge in [0.15, 0.2) is 11.7 Å². The number of nitrogens with one attached hydrogen (secondary N) is 1. The number of nitrogens with zero attached hydrogens (tertiary/aromatic N) is 6. The summed E-state index contributed by atoms with van der Waals surface area (Å²) in [4.78, 5) is 9.69. The first-order valence-corrected chi connectivity index (χ1v) is 12.6. The number of aliphatic imine (C=N–C) groups is 1. The zero-order valence-electron chi connectivity index (χ0n) is 21.0. The maximum atomic E-state index is 6.98. The van der Waals surface area contributed by atoms with Gasteiger partial charge in [-0.1, -0.05) is 70.0 Å². The van der Waals surface area contributed by atoms with E-state index in [1.807, 2.05) is 44.3 Å². The fourth-order valence-electron chi connectivity index (χ4n) is 4.40. The van der Waals surface area contributed by atoms with E-state index < -0.39 is 0 Å². The van der Waals surface area contributed by atoms with Gasteiger partial charge in [0.25, 0.3) is 0 Å². The molecule has 0 saturated heterocycles. The normalized spacial score (nSPS) is 18.9. The van der Waals surface area contributed by atoms with E-state index in [-0.39, 0.29) is 5.84 Å². The molecule has 1 fully saturated rings. The monoisotopic (exact) mass is 462 g/mol. The van der Waals surface area contributed by atoms with Crippen LogP contribution in [0, 0.1) is 17.4 Å². The Labute approximate surface area is 203 Å². The number of benzene rings is 1. The minimum Gasteiger partial charge on any atom is -0.382 e. The summed E-state index contributed by atoms with van der Waals surface area (Å²) >= 11 is 0. The Hall–Kier alpha value is -3.16. The van der Waals surface area contributed by atoms with Crippen LogP contribution in [0.5, 0.6) is 0 Å². The molecule has 3 N–H and O–H groups in total. The van der Waals surface area contributed by atoms with Crippen molar-refractivity contribution in [3.63, 3.8) is 0 Å². The third-order valence-corrected chi connectivity index (χ3v) is 6.26. The van der Waals surface area contributed by atoms with Crippen molar-refractivity contribution in [3.05, 3.63) is 58.8 Å². The van der Waals surface area contributed by atoms with Gasteiger partial charge in [-0.3, -0.25) is 4.99 Å². The molecule has 1 aromatic carbocycles. The van der Waals surface area contributed by atoms with Gasteiger partial charge in [-0.05, 0) is 30.8 Å². The van der Waals surface area contributed by atoms with Crippen LogP contribution in [0.3, 0.4) is 0 Å². The number of amidine groups is 1. The van der Waals surface area contributed by atoms with Crippen LogP contribution >= 0.6 is 0 Å². The molecule has 4 rings (SSSR count). The summed E-state index contributed by atoms with van der Waals surface area (Å²) in [7, 11) is 0. The fourth-order valence-corrected chi connectivity index (χ4v) is 4.40. The zero-order chi connectivity index (χ0) is 24.5. The van der Waals surface area contributed by atoms with E-state index in [4.69, 9.17) is 26.3 Å². The molecule has 2 aliphatic rings. The van der Waals surface area contributed by atoms with Gasteiger partial charge in [0, 0.05) is 36.1 Å². The summed E-state index contributed by atoms with van der Waals surface area (Å²) in [5.41, 5.74) is 17.2. The molecular formula is C26H38N8. The number of aromatic nitrogens is 3. The van der Waals surface area contributed by atoms with Crippen LogP contribution in [-0.4, -0.2) is 26.3 Å². The Kier molecular flexibility index (Phi) is 9.24. The Morgan fingerprint density at radius 2 is 1.85 bits per heavy atom. The second kappa shape index (κ2) is 12.3. The number of fused-ring (bicyclic) bond motifs is 1. The lowest BCUT2D eigenvalue weighted by Gasteiger charge is -2.16. The fraction of sp³-hybridized carbons (Fsp3) is 0.538. The quantitative estimate of drug-likeness (QED) is 0.194. The highest BCUT2D eigenvalue weighted by molar-refractivity contribution is 6.13. The molecule has 2 unspecified atom stereocenters. The third kappa shape index (κ3) is 5.85. The van der Waals surface area contributed by atoms with Crippen molar-refractivity contribution < 1.29 is 0 Å². The van der Waals surface area contributed by atoms with Gasteiger partial charge < -0.3 is 5.73 Å². The van der Waals surface area contributed by atoms with Crippen molar-refractivity contribution in [2.24, 2.45) is 32.9 Å². The van der Waals surface area contributed by atoms with Gasteiger partial charge >= 0.3 is 0 Å². The first kappa shape index (κ1) is 25.5. The van der Waals surface area contributed by atoms with Crippen molar-refractivity contribution in [1.82, 2.24) is 14.8 Å². The van der Waals surface area contributed by atoms with E-state index in [1.54, 1.807) is 0 Å². The van der Waals surface area contributed by atoms with Crippen LogP contribution in [0.2, 0.25) is 0 Å². The van der Waals surface area contributed by atoms with Crippen LogP contribution < -0.4 is 5.73 Å². The van der Waals surface area contributed by atoms with Crippen molar-refractivity contribution in [3.8, 4) is 0 Å². The first-order valence-electron chi connectivity index (χ1n) is 12.6. The first-order chi connectivity index (χ1) is 16.7. The maximum absolute atomic E-state index is 6.98. The molecule has 8 nitrogen and oxygen atoms in total. The number of hydrogen-bond donors (Lipinski definition) is 2. The van der Waals surface area contributed by atoms with Crippen molar-refractivity contribution >= 4 is 11.5 Å². The van der Waals surface area contributed by atoms with Gasteiger partial charge in [0.2, 0.25) is 0 Å². The lowest BCUT2D eigenvalue weighted by molar-refractivity contribution is 0.586. The predicted molar refractivity (Wildman–Crippen MR) is 137 cm³/mol. The lowest BCUT2D eigenvalue weighted by Crippen LogP contribution is -2.20. The summed E-state index contributed by atoms with van der Waals surface area (Å²) in [6, 6.07) is 7.83. The van der Waals surface area contributed by atoms with Crippen molar-refractivity contribution in [1.29, 1.82) is 5.53 Å². The Morgan fingerprint density at radius 1 is 1.12 bits per heavy atom. The molecule has 2 aromatic rings. The molecular weight excluding hydrogens is 424 g/mol. The van der Waals surface area contributed by atoms with Gasteiger partial charge in [-0.15, -0.1) is 5.10 Å². The highest BCUT2D eigenvalue weighted by Crippen LogP contribution is 2.49. The third-order valence-electron chi connectivity index (χ3n) is 6.26. The number of nitrogens with two attached hydrogens (primary N) is 1. The summed E-state index contributed by atoms with van der Waals surface area (Å²) in [6.45, 7) is 9.17. The molecule has 0 spiro atoms. The number of allylic oxidation sites excluding steroid dienone is 1. The standard InChI is InChI=1S/C24H32N8.C2H6/c1-3-5-11-21-28-22(12-6-4-2)32(30-21)15-16-14-27-23(20-13-19(16)20)17-9-7-8-10-18(17)24(25)29-31-26;1-2/h7-10,14,19-20H,3-6,11-13,15H2,1-2H3,(H3,25,26,29);1-2H3. The highest BCUT2D eigenvalue weighted by Gasteiger charge is 2.46. The molecule has 182 valence electrons. The number of hydrogen-bond acceptors (Lipinski definition) is 5. The number of rotatable bonds is 11. The lowest BCUT2D eigenvalue weighted by atomic mass is 9.95. The second-order valence-electron chi connectivity index (χ2n) is 8.61. The Morgan fingerprint density at radius 3 is 2.59 bits per heavy atom. The largest absolute Gasteiger partial charge is 0.382 e. The Balaban J connectivity index is 0.00000158. The minimum atomic E-state index is 0.244. The van der Waals surface area contributed by atoms with E-state index in [0.29, 0.717) is 11.8 Å². The van der Waals surface area contributed by atoms with Gasteiger partial charge in [-0.25, -0.2) is 9.67 Å². The van der Waals surface area contributed by atoms with Gasteiger partial charge in [-0.2, -0.15) is 10.6 Å². The van der Waals surface area contributed by atoms with Gasteiger partial charge in [0.05, 0.1) is 12.3 Å². The van der Waals surface area contributed by atoms with Crippen LogP contribution in [0.4, 0.5) is 0 Å². The van der Waals surface area contributed by atoms with Crippen LogP contribution in [0.25, 0.3) is 0 Å². The number of unbranched alkanes of at least 4 members (excludes halogenated alkanes) is 2. The number of aryl methyl sites for hydroxylation is 2. The highest BCUT2D eigenvalue weighted by atomic mass is 15.3. The SMILES string of the molecule is CC.CCCCc1nc(CCCC)n(CC2=CN=C(c3ccccc3/C(N)=N/N=N)C3CC23)n1. The van der Waals surface area contributed by atoms with Crippen LogP contribution in [0.15, 0.2) is 51.4 Å². The van der Waals surface area contributed by atoms with Crippen molar-refractivity contribution in [2.75, 3.05) is 0 Å². The average Bonchev–Trinajstić information content (AvgIpc) is 3.59. The average molecular weight is 463 g/mol. The molecule has 2 atom stereocenters. The van der Waals surface area contributed by atoms with E-state index in [1.165, 1.54) is 5.57 Å². The van der Waals surface area contributed by atoms with E-state index >= 15 is 0 Å². The smallest absolute Gasteiger partial charge is 0.155 e. The summed E-state index contributed by atoms with van der Waals surface area (Å²) in [5, 5.41) is 11.6. The van der Waals surface area contributed by atoms with Crippen LogP contribution in [-0.2, 0) is 19.4 Å². The van der Waals surface area contributed by atoms with Crippen LogP contribution in [0.1, 0.15) is 82.6 Å². The summed E-state index contributed by atoms with van der Waals surface area (Å²) in [6.07, 6.45) is 9.57.